The molecule has 7 nitrogen and oxygen atoms in total. The molecule has 0 radical (unpaired) electrons. The van der Waals surface area contributed by atoms with E-state index in [0.717, 1.165) is 11.3 Å². The van der Waals surface area contributed by atoms with Gasteiger partial charge in [-0.05, 0) is 54.2 Å². The van der Waals surface area contributed by atoms with Gasteiger partial charge in [-0.2, -0.15) is 5.10 Å². The molecule has 0 bridgehead atoms. The summed E-state index contributed by atoms with van der Waals surface area (Å²) in [6.45, 7) is 1.00. The van der Waals surface area contributed by atoms with Crippen LogP contribution in [0, 0.1) is 0 Å². The lowest BCUT2D eigenvalue weighted by molar-refractivity contribution is 0.0600. The second kappa shape index (κ2) is 10.8. The molecule has 0 fully saturated rings. The Morgan fingerprint density at radius 1 is 1.15 bits per heavy atom. The number of nitrogens with two attached hydrogens (primary N) is 1. The summed E-state index contributed by atoms with van der Waals surface area (Å²) in [5, 5.41) is 4.01. The summed E-state index contributed by atoms with van der Waals surface area (Å²) in [5.74, 6) is 1.05. The maximum absolute atomic E-state index is 11.4. The normalized spacial score (nSPS) is 10.4. The van der Waals surface area contributed by atoms with Gasteiger partial charge in [-0.3, -0.25) is 5.43 Å². The number of carbonyl (C=O) groups excluding carboxylic acids is 1. The van der Waals surface area contributed by atoms with E-state index in [1.165, 1.54) is 7.11 Å². The summed E-state index contributed by atoms with van der Waals surface area (Å²) in [5.41, 5.74) is 9.14. The Kier molecular flexibility index (Phi) is 8.05. The molecule has 142 valence electrons. The number of esters is 1. The monoisotopic (exact) mass is 387 g/mol. The van der Waals surface area contributed by atoms with Gasteiger partial charge in [0.25, 0.3) is 0 Å². The molecule has 0 spiro atoms. The van der Waals surface area contributed by atoms with E-state index in [1.54, 1.807) is 30.5 Å². The van der Waals surface area contributed by atoms with Gasteiger partial charge in [0.05, 0.1) is 32.1 Å². The fourth-order valence-corrected chi connectivity index (χ4v) is 2.15. The Hall–Kier alpha value is -3.13. The number of nitrogens with zero attached hydrogens (tertiary/aromatic N) is 1. The predicted molar refractivity (Wildman–Crippen MR) is 107 cm³/mol. The number of rotatable bonds is 9. The van der Waals surface area contributed by atoms with Crippen LogP contribution in [-0.2, 0) is 4.74 Å². The van der Waals surface area contributed by atoms with Crippen molar-refractivity contribution in [2.75, 3.05) is 20.3 Å². The molecule has 0 saturated carbocycles. The van der Waals surface area contributed by atoms with Crippen molar-refractivity contribution in [3.05, 3.63) is 59.7 Å². The predicted octanol–water partition coefficient (Wildman–Crippen LogP) is 2.49. The van der Waals surface area contributed by atoms with Crippen LogP contribution in [0.25, 0.3) is 0 Å². The number of carbonyl (C=O) groups is 1. The molecule has 0 aliphatic heterocycles. The second-order valence-corrected chi connectivity index (χ2v) is 5.81. The first kappa shape index (κ1) is 20.2. The average molecular weight is 387 g/mol. The van der Waals surface area contributed by atoms with Crippen LogP contribution in [0.15, 0.2) is 53.6 Å². The zero-order valence-corrected chi connectivity index (χ0v) is 15.7. The van der Waals surface area contributed by atoms with Crippen molar-refractivity contribution in [1.29, 1.82) is 0 Å². The van der Waals surface area contributed by atoms with E-state index in [2.05, 4.69) is 27.5 Å². The minimum Gasteiger partial charge on any atom is -0.493 e. The SMILES string of the molecule is COC(=O)c1ccc(OCCCOc2cccc(C=NNC(N)=S)c2)cc1. The van der Waals surface area contributed by atoms with Crippen molar-refractivity contribution in [1.82, 2.24) is 5.43 Å². The van der Waals surface area contributed by atoms with Crippen molar-refractivity contribution < 1.29 is 19.0 Å². The van der Waals surface area contributed by atoms with Gasteiger partial charge in [-0.15, -0.1) is 0 Å². The molecule has 3 N–H and O–H groups in total. The summed E-state index contributed by atoms with van der Waals surface area (Å²) >= 11 is 4.67. The third-order valence-electron chi connectivity index (χ3n) is 3.35. The molecule has 8 heteroatoms. The lowest BCUT2D eigenvalue weighted by Gasteiger charge is -2.09. The highest BCUT2D eigenvalue weighted by atomic mass is 32.1. The van der Waals surface area contributed by atoms with Gasteiger partial charge in [0.1, 0.15) is 11.5 Å². The Bertz CT molecular complexity index is 794. The fourth-order valence-electron chi connectivity index (χ4n) is 2.10. The van der Waals surface area contributed by atoms with E-state index >= 15 is 0 Å². The first-order valence-electron chi connectivity index (χ1n) is 8.21. The minimum atomic E-state index is -0.372. The van der Waals surface area contributed by atoms with Crippen molar-refractivity contribution in [3.8, 4) is 11.5 Å². The topological polar surface area (TPSA) is 95.2 Å². The molecule has 2 aromatic rings. The highest BCUT2D eigenvalue weighted by Gasteiger charge is 2.04. The highest BCUT2D eigenvalue weighted by Crippen LogP contribution is 2.14. The molecule has 0 unspecified atom stereocenters. The Labute approximate surface area is 163 Å². The highest BCUT2D eigenvalue weighted by molar-refractivity contribution is 7.80. The van der Waals surface area contributed by atoms with Gasteiger partial charge in [-0.1, -0.05) is 12.1 Å². The summed E-state index contributed by atoms with van der Waals surface area (Å²) in [6.07, 6.45) is 2.31. The molecule has 27 heavy (non-hydrogen) atoms. The van der Waals surface area contributed by atoms with E-state index in [9.17, 15) is 4.79 Å². The number of hydrogen-bond acceptors (Lipinski definition) is 6. The van der Waals surface area contributed by atoms with E-state index in [4.69, 9.17) is 15.2 Å². The third-order valence-corrected chi connectivity index (χ3v) is 3.44. The van der Waals surface area contributed by atoms with Gasteiger partial charge in [-0.25, -0.2) is 4.79 Å². The lowest BCUT2D eigenvalue weighted by Crippen LogP contribution is -2.23. The first-order chi connectivity index (χ1) is 13.1. The van der Waals surface area contributed by atoms with Crippen LogP contribution in [0.5, 0.6) is 11.5 Å². The number of methoxy groups -OCH3 is 1. The molecular formula is C19H21N3O4S. The largest absolute Gasteiger partial charge is 0.493 e. The summed E-state index contributed by atoms with van der Waals surface area (Å²) in [7, 11) is 1.35. The zero-order valence-electron chi connectivity index (χ0n) is 14.9. The fraction of sp³-hybridized carbons (Fsp3) is 0.211. The van der Waals surface area contributed by atoms with Crippen LogP contribution >= 0.6 is 12.2 Å². The second-order valence-electron chi connectivity index (χ2n) is 5.37. The smallest absolute Gasteiger partial charge is 0.337 e. The van der Waals surface area contributed by atoms with Gasteiger partial charge >= 0.3 is 5.97 Å². The number of ether oxygens (including phenoxy) is 3. The lowest BCUT2D eigenvalue weighted by atomic mass is 10.2. The number of hydrazone groups is 1. The maximum atomic E-state index is 11.4. The van der Waals surface area contributed by atoms with E-state index < -0.39 is 0 Å². The maximum Gasteiger partial charge on any atom is 0.337 e. The van der Waals surface area contributed by atoms with Crippen molar-refractivity contribution >= 4 is 29.5 Å². The standard InChI is InChI=1S/C19H21N3O4S/c1-24-18(23)15-6-8-16(9-7-15)25-10-3-11-26-17-5-2-4-14(12-17)13-21-22-19(20)27/h2,4-9,12-13H,3,10-11H2,1H3,(H3,20,22,27). The van der Waals surface area contributed by atoms with E-state index in [-0.39, 0.29) is 11.1 Å². The molecule has 2 aromatic carbocycles. The summed E-state index contributed by atoms with van der Waals surface area (Å²) in [4.78, 5) is 11.4. The van der Waals surface area contributed by atoms with Gasteiger partial charge in [0, 0.05) is 6.42 Å². The number of nitrogens with one attached hydrogen (secondary N) is 1. The van der Waals surface area contributed by atoms with Crippen LogP contribution in [0.3, 0.4) is 0 Å². The Balaban J connectivity index is 1.71. The Morgan fingerprint density at radius 2 is 1.85 bits per heavy atom. The van der Waals surface area contributed by atoms with Crippen LogP contribution in [0.4, 0.5) is 0 Å². The molecule has 0 heterocycles. The number of hydrogen-bond donors (Lipinski definition) is 2. The van der Waals surface area contributed by atoms with Crippen LogP contribution < -0.4 is 20.6 Å². The molecule has 0 aromatic heterocycles. The summed E-state index contributed by atoms with van der Waals surface area (Å²) in [6, 6.07) is 14.3. The molecule has 2 rings (SSSR count). The van der Waals surface area contributed by atoms with Crippen molar-refractivity contribution in [2.45, 2.75) is 6.42 Å². The van der Waals surface area contributed by atoms with Gasteiger partial charge in [0.15, 0.2) is 5.11 Å². The van der Waals surface area contributed by atoms with Gasteiger partial charge in [0.2, 0.25) is 0 Å². The number of thiocarbonyl (C=S) groups is 1. The van der Waals surface area contributed by atoms with Crippen LogP contribution in [-0.4, -0.2) is 37.6 Å². The molecule has 0 amide bonds. The Morgan fingerprint density at radius 3 is 2.52 bits per heavy atom. The van der Waals surface area contributed by atoms with Crippen LogP contribution in [0.2, 0.25) is 0 Å². The minimum absolute atomic E-state index is 0.110. The third kappa shape index (κ3) is 7.33. The van der Waals surface area contributed by atoms with Gasteiger partial charge < -0.3 is 19.9 Å². The first-order valence-corrected chi connectivity index (χ1v) is 8.62. The molecule has 0 atom stereocenters. The number of benzene rings is 2. The average Bonchev–Trinajstić information content (AvgIpc) is 2.67. The molecular weight excluding hydrogens is 366 g/mol. The van der Waals surface area contributed by atoms with E-state index in [0.29, 0.717) is 30.9 Å². The summed E-state index contributed by atoms with van der Waals surface area (Å²) < 4.78 is 16.0. The zero-order chi connectivity index (χ0) is 19.5. The van der Waals surface area contributed by atoms with E-state index in [1.807, 2.05) is 24.3 Å². The quantitative estimate of drug-likeness (QED) is 0.224. The molecule has 0 saturated heterocycles. The molecule has 0 aliphatic rings. The van der Waals surface area contributed by atoms with Crippen molar-refractivity contribution in [3.63, 3.8) is 0 Å². The van der Waals surface area contributed by atoms with Crippen LogP contribution in [0.1, 0.15) is 22.3 Å². The van der Waals surface area contributed by atoms with Crippen molar-refractivity contribution in [2.24, 2.45) is 10.8 Å². The molecule has 0 aliphatic carbocycles.